The van der Waals surface area contributed by atoms with E-state index in [-0.39, 0.29) is 11.4 Å². The van der Waals surface area contributed by atoms with E-state index < -0.39 is 15.6 Å². The van der Waals surface area contributed by atoms with Crippen LogP contribution in [-0.2, 0) is 14.8 Å². The van der Waals surface area contributed by atoms with Gasteiger partial charge in [-0.2, -0.15) is 0 Å². The number of hydrogen-bond acceptors (Lipinski definition) is 4. The summed E-state index contributed by atoms with van der Waals surface area (Å²) in [6, 6.07) is 5.61. The first-order valence-corrected chi connectivity index (χ1v) is 6.47. The summed E-state index contributed by atoms with van der Waals surface area (Å²) in [7, 11) is -3.54. The molecular weight excluding hydrogens is 242 g/mol. The lowest BCUT2D eigenvalue weighted by molar-refractivity contribution is -0.120. The van der Waals surface area contributed by atoms with Crippen molar-refractivity contribution in [2.45, 2.75) is 31.2 Å². The highest BCUT2D eigenvalue weighted by Gasteiger charge is 2.21. The Labute approximate surface area is 101 Å². The Morgan fingerprint density at radius 2 is 1.71 bits per heavy atom. The normalized spacial score (nSPS) is 12.2. The van der Waals surface area contributed by atoms with E-state index >= 15 is 0 Å². The van der Waals surface area contributed by atoms with Crippen LogP contribution in [0.25, 0.3) is 0 Å². The van der Waals surface area contributed by atoms with Gasteiger partial charge in [0.15, 0.2) is 0 Å². The zero-order valence-electron chi connectivity index (χ0n) is 9.93. The third kappa shape index (κ3) is 4.16. The second-order valence-electron chi connectivity index (χ2n) is 4.54. The molecule has 0 aromatic heterocycles. The number of sulfonamides is 1. The van der Waals surface area contributed by atoms with Gasteiger partial charge < -0.3 is 4.74 Å². The monoisotopic (exact) mass is 257 g/mol. The lowest BCUT2D eigenvalue weighted by Gasteiger charge is -2.20. The molecule has 0 unspecified atom stereocenters. The Morgan fingerprint density at radius 3 is 2.12 bits per heavy atom. The summed E-state index contributed by atoms with van der Waals surface area (Å²) in [5.74, 6) is 0.301. The molecule has 1 aromatic carbocycles. The number of carbonyl (C=O) groups excluding carboxylic acids is 1. The van der Waals surface area contributed by atoms with Crippen molar-refractivity contribution in [1.82, 2.24) is 4.72 Å². The zero-order valence-corrected chi connectivity index (χ0v) is 10.7. The number of benzene rings is 1. The molecule has 94 valence electrons. The molecule has 1 N–H and O–H groups in total. The van der Waals surface area contributed by atoms with Gasteiger partial charge in [-0.15, -0.1) is 0 Å². The van der Waals surface area contributed by atoms with Crippen LogP contribution in [0.4, 0.5) is 0 Å². The van der Waals surface area contributed by atoms with Crippen LogP contribution < -0.4 is 9.46 Å². The van der Waals surface area contributed by atoms with Crippen LogP contribution >= 0.6 is 0 Å². The highest BCUT2D eigenvalue weighted by Crippen LogP contribution is 2.17. The van der Waals surface area contributed by atoms with E-state index in [0.29, 0.717) is 5.75 Å². The molecule has 0 aliphatic heterocycles. The molecule has 0 aliphatic carbocycles. The molecule has 6 heteroatoms. The summed E-state index contributed by atoms with van der Waals surface area (Å²) in [5, 5.41) is 0. The van der Waals surface area contributed by atoms with E-state index in [1.54, 1.807) is 20.8 Å². The Hall–Kier alpha value is -1.40. The van der Waals surface area contributed by atoms with Crippen molar-refractivity contribution >= 4 is 16.5 Å². The summed E-state index contributed by atoms with van der Waals surface area (Å²) in [4.78, 5) is 10.2. The molecule has 0 saturated heterocycles. The Kier molecular flexibility index (Phi) is 3.90. The topological polar surface area (TPSA) is 72.5 Å². The number of nitrogens with one attached hydrogen (secondary N) is 1. The molecule has 5 nitrogen and oxygen atoms in total. The van der Waals surface area contributed by atoms with Crippen molar-refractivity contribution in [2.75, 3.05) is 0 Å². The summed E-state index contributed by atoms with van der Waals surface area (Å²) < 4.78 is 30.9. The van der Waals surface area contributed by atoms with Crippen molar-refractivity contribution in [1.29, 1.82) is 0 Å². The number of hydrogen-bond donors (Lipinski definition) is 1. The largest absolute Gasteiger partial charge is 0.429 e. The Morgan fingerprint density at radius 1 is 1.18 bits per heavy atom. The molecule has 1 aromatic rings. The molecule has 0 bridgehead atoms. The van der Waals surface area contributed by atoms with Gasteiger partial charge in [0.2, 0.25) is 10.0 Å². The molecule has 0 spiro atoms. The van der Waals surface area contributed by atoms with Gasteiger partial charge in [0.25, 0.3) is 6.47 Å². The van der Waals surface area contributed by atoms with Crippen LogP contribution in [-0.4, -0.2) is 20.4 Å². The second kappa shape index (κ2) is 4.85. The molecular formula is C11H15NO4S. The quantitative estimate of drug-likeness (QED) is 0.825. The standard InChI is InChI=1S/C11H15NO4S/c1-11(2,3)12-17(14,15)10-6-4-9(5-7-10)16-8-13/h4-8,12H,1-3H3. The molecule has 0 fully saturated rings. The molecule has 0 atom stereocenters. The van der Waals surface area contributed by atoms with Gasteiger partial charge in [-0.1, -0.05) is 0 Å². The summed E-state index contributed by atoms with van der Waals surface area (Å²) >= 11 is 0. The smallest absolute Gasteiger partial charge is 0.298 e. The van der Waals surface area contributed by atoms with E-state index in [1.165, 1.54) is 24.3 Å². The molecule has 0 heterocycles. The Balaban J connectivity index is 2.96. The van der Waals surface area contributed by atoms with Crippen molar-refractivity contribution in [3.63, 3.8) is 0 Å². The van der Waals surface area contributed by atoms with Crippen LogP contribution in [0.15, 0.2) is 29.2 Å². The predicted molar refractivity (Wildman–Crippen MR) is 63.2 cm³/mol. The van der Waals surface area contributed by atoms with Gasteiger partial charge in [0, 0.05) is 5.54 Å². The third-order valence-electron chi connectivity index (χ3n) is 1.76. The van der Waals surface area contributed by atoms with Crippen LogP contribution in [0.2, 0.25) is 0 Å². The van der Waals surface area contributed by atoms with E-state index in [9.17, 15) is 13.2 Å². The van der Waals surface area contributed by atoms with Crippen molar-refractivity contribution in [3.05, 3.63) is 24.3 Å². The van der Waals surface area contributed by atoms with Gasteiger partial charge in [0.05, 0.1) is 4.90 Å². The van der Waals surface area contributed by atoms with E-state index in [1.807, 2.05) is 0 Å². The average Bonchev–Trinajstić information content (AvgIpc) is 2.15. The molecule has 0 aliphatic rings. The Bertz CT molecular complexity index is 485. The van der Waals surface area contributed by atoms with E-state index in [4.69, 9.17) is 0 Å². The molecule has 0 saturated carbocycles. The van der Waals surface area contributed by atoms with Crippen LogP contribution in [0.3, 0.4) is 0 Å². The SMILES string of the molecule is CC(C)(C)NS(=O)(=O)c1ccc(OC=O)cc1. The first-order valence-electron chi connectivity index (χ1n) is 4.99. The minimum Gasteiger partial charge on any atom is -0.429 e. The number of carbonyl (C=O) groups is 1. The average molecular weight is 257 g/mol. The third-order valence-corrected chi connectivity index (χ3v) is 3.53. The van der Waals surface area contributed by atoms with E-state index in [2.05, 4.69) is 9.46 Å². The first kappa shape index (κ1) is 13.7. The highest BCUT2D eigenvalue weighted by molar-refractivity contribution is 7.89. The highest BCUT2D eigenvalue weighted by atomic mass is 32.2. The number of ether oxygens (including phenoxy) is 1. The second-order valence-corrected chi connectivity index (χ2v) is 6.22. The molecule has 0 radical (unpaired) electrons. The van der Waals surface area contributed by atoms with Crippen LogP contribution in [0, 0.1) is 0 Å². The summed E-state index contributed by atoms with van der Waals surface area (Å²) in [6.07, 6.45) is 0. The fraction of sp³-hybridized carbons (Fsp3) is 0.364. The van der Waals surface area contributed by atoms with Crippen molar-refractivity contribution in [2.24, 2.45) is 0 Å². The molecule has 1 rings (SSSR count). The maximum Gasteiger partial charge on any atom is 0.298 e. The van der Waals surface area contributed by atoms with E-state index in [0.717, 1.165) is 0 Å². The maximum absolute atomic E-state index is 11.9. The van der Waals surface area contributed by atoms with Crippen LogP contribution in [0.1, 0.15) is 20.8 Å². The molecule has 17 heavy (non-hydrogen) atoms. The minimum absolute atomic E-state index is 0.130. The fourth-order valence-electron chi connectivity index (χ4n) is 1.21. The van der Waals surface area contributed by atoms with Gasteiger partial charge in [-0.3, -0.25) is 4.79 Å². The lowest BCUT2D eigenvalue weighted by Crippen LogP contribution is -2.40. The van der Waals surface area contributed by atoms with Gasteiger partial charge in [-0.25, -0.2) is 13.1 Å². The predicted octanol–water partition coefficient (Wildman–Crippen LogP) is 1.30. The summed E-state index contributed by atoms with van der Waals surface area (Å²) in [5.41, 5.74) is -0.545. The van der Waals surface area contributed by atoms with Gasteiger partial charge in [0.1, 0.15) is 5.75 Å². The zero-order chi connectivity index (χ0) is 13.1. The van der Waals surface area contributed by atoms with Gasteiger partial charge >= 0.3 is 0 Å². The summed E-state index contributed by atoms with van der Waals surface area (Å²) in [6.45, 7) is 5.56. The number of rotatable bonds is 4. The first-order chi connectivity index (χ1) is 7.74. The van der Waals surface area contributed by atoms with Gasteiger partial charge in [-0.05, 0) is 45.0 Å². The lowest BCUT2D eigenvalue weighted by atomic mass is 10.1. The van der Waals surface area contributed by atoms with Crippen molar-refractivity contribution < 1.29 is 17.9 Å². The fourth-order valence-corrected chi connectivity index (χ4v) is 2.63. The van der Waals surface area contributed by atoms with Crippen LogP contribution in [0.5, 0.6) is 5.75 Å². The maximum atomic E-state index is 11.9. The minimum atomic E-state index is -3.54. The molecule has 0 amide bonds. The van der Waals surface area contributed by atoms with Crippen molar-refractivity contribution in [3.8, 4) is 5.75 Å².